The van der Waals surface area contributed by atoms with Crippen LogP contribution in [-0.2, 0) is 0 Å². The van der Waals surface area contributed by atoms with Gasteiger partial charge in [0, 0.05) is 11.3 Å². The molecule has 0 spiro atoms. The SMILES string of the molecule is COc1ccc(NC(=O)c2ccc3nc[nH]c3c2)cc1C. The summed E-state index contributed by atoms with van der Waals surface area (Å²) in [6, 6.07) is 10.9. The van der Waals surface area contributed by atoms with Gasteiger partial charge in [-0.3, -0.25) is 4.79 Å². The number of benzene rings is 2. The number of H-pyrrole nitrogens is 1. The molecule has 3 aromatic rings. The Balaban J connectivity index is 1.83. The highest BCUT2D eigenvalue weighted by Gasteiger charge is 2.09. The van der Waals surface area contributed by atoms with E-state index >= 15 is 0 Å². The van der Waals surface area contributed by atoms with Crippen molar-refractivity contribution < 1.29 is 9.53 Å². The molecule has 0 aliphatic rings. The number of hydrogen-bond donors (Lipinski definition) is 2. The van der Waals surface area contributed by atoms with Crippen molar-refractivity contribution in [2.45, 2.75) is 6.92 Å². The number of fused-ring (bicyclic) bond motifs is 1. The summed E-state index contributed by atoms with van der Waals surface area (Å²) in [6.07, 6.45) is 1.61. The number of aromatic nitrogens is 2. The van der Waals surface area contributed by atoms with Gasteiger partial charge in [-0.15, -0.1) is 0 Å². The maximum absolute atomic E-state index is 12.3. The van der Waals surface area contributed by atoms with Crippen LogP contribution in [0.25, 0.3) is 11.0 Å². The number of amides is 1. The number of methoxy groups -OCH3 is 1. The number of imidazole rings is 1. The summed E-state index contributed by atoms with van der Waals surface area (Å²) in [5.41, 5.74) is 3.97. The first kappa shape index (κ1) is 13.2. The third-order valence-electron chi connectivity index (χ3n) is 3.34. The first-order valence-electron chi connectivity index (χ1n) is 6.56. The predicted octanol–water partition coefficient (Wildman–Crippen LogP) is 3.13. The zero-order chi connectivity index (χ0) is 14.8. The fourth-order valence-electron chi connectivity index (χ4n) is 2.24. The molecule has 0 atom stereocenters. The number of rotatable bonds is 3. The number of aromatic amines is 1. The molecule has 0 radical (unpaired) electrons. The Bertz CT molecular complexity index is 808. The van der Waals surface area contributed by atoms with E-state index in [0.29, 0.717) is 5.56 Å². The van der Waals surface area contributed by atoms with Gasteiger partial charge in [-0.05, 0) is 48.9 Å². The summed E-state index contributed by atoms with van der Waals surface area (Å²) in [5.74, 6) is 0.642. The van der Waals surface area contributed by atoms with Crippen molar-refractivity contribution in [2.24, 2.45) is 0 Å². The van der Waals surface area contributed by atoms with Gasteiger partial charge in [0.25, 0.3) is 5.91 Å². The first-order valence-corrected chi connectivity index (χ1v) is 6.56. The Morgan fingerprint density at radius 2 is 2.10 bits per heavy atom. The molecule has 0 fully saturated rings. The van der Waals surface area contributed by atoms with Gasteiger partial charge in [0.15, 0.2) is 0 Å². The van der Waals surface area contributed by atoms with Crippen LogP contribution in [0.3, 0.4) is 0 Å². The molecule has 0 aliphatic heterocycles. The van der Waals surface area contributed by atoms with Crippen LogP contribution in [0.1, 0.15) is 15.9 Å². The molecule has 0 unspecified atom stereocenters. The number of nitrogens with one attached hydrogen (secondary N) is 2. The third kappa shape index (κ3) is 2.58. The molecule has 1 aromatic heterocycles. The molecule has 5 nitrogen and oxygen atoms in total. The molecule has 0 saturated heterocycles. The van der Waals surface area contributed by atoms with Crippen LogP contribution in [0.4, 0.5) is 5.69 Å². The number of carbonyl (C=O) groups is 1. The third-order valence-corrected chi connectivity index (χ3v) is 3.34. The number of carbonyl (C=O) groups excluding carboxylic acids is 1. The van der Waals surface area contributed by atoms with Gasteiger partial charge >= 0.3 is 0 Å². The highest BCUT2D eigenvalue weighted by atomic mass is 16.5. The maximum Gasteiger partial charge on any atom is 0.255 e. The molecule has 106 valence electrons. The second kappa shape index (κ2) is 5.28. The quantitative estimate of drug-likeness (QED) is 0.775. The van der Waals surface area contributed by atoms with Crippen LogP contribution >= 0.6 is 0 Å². The van der Waals surface area contributed by atoms with Gasteiger partial charge in [0.2, 0.25) is 0 Å². The average Bonchev–Trinajstić information content (AvgIpc) is 2.94. The van der Waals surface area contributed by atoms with E-state index in [1.54, 1.807) is 25.6 Å². The standard InChI is InChI=1S/C16H15N3O2/c1-10-7-12(4-6-15(10)21-2)19-16(20)11-3-5-13-14(8-11)18-9-17-13/h3-9H,1-2H3,(H,17,18)(H,19,20). The Kier molecular flexibility index (Phi) is 3.31. The molecular formula is C16H15N3O2. The largest absolute Gasteiger partial charge is 0.496 e. The Labute approximate surface area is 122 Å². The molecule has 21 heavy (non-hydrogen) atoms. The first-order chi connectivity index (χ1) is 10.2. The fraction of sp³-hybridized carbons (Fsp3) is 0.125. The van der Waals surface area contributed by atoms with Gasteiger partial charge < -0.3 is 15.0 Å². The van der Waals surface area contributed by atoms with E-state index in [4.69, 9.17) is 4.74 Å². The topological polar surface area (TPSA) is 67.0 Å². The van der Waals surface area contributed by atoms with Crippen molar-refractivity contribution in [1.29, 1.82) is 0 Å². The van der Waals surface area contributed by atoms with Crippen molar-refractivity contribution in [1.82, 2.24) is 9.97 Å². The zero-order valence-corrected chi connectivity index (χ0v) is 11.8. The molecule has 0 aliphatic carbocycles. The lowest BCUT2D eigenvalue weighted by atomic mass is 10.1. The predicted molar refractivity (Wildman–Crippen MR) is 81.8 cm³/mol. The zero-order valence-electron chi connectivity index (χ0n) is 11.8. The summed E-state index contributed by atoms with van der Waals surface area (Å²) < 4.78 is 5.21. The van der Waals surface area contributed by atoms with Crippen molar-refractivity contribution in [3.05, 3.63) is 53.9 Å². The van der Waals surface area contributed by atoms with Crippen LogP contribution in [0, 0.1) is 6.92 Å². The number of anilines is 1. The minimum atomic E-state index is -0.156. The van der Waals surface area contributed by atoms with Crippen molar-refractivity contribution in [3.8, 4) is 5.75 Å². The van der Waals surface area contributed by atoms with Gasteiger partial charge in [-0.2, -0.15) is 0 Å². The Morgan fingerprint density at radius 3 is 2.86 bits per heavy atom. The van der Waals surface area contributed by atoms with Crippen molar-refractivity contribution >= 4 is 22.6 Å². The summed E-state index contributed by atoms with van der Waals surface area (Å²) in [6.45, 7) is 1.94. The van der Waals surface area contributed by atoms with Crippen molar-refractivity contribution in [3.63, 3.8) is 0 Å². The van der Waals surface area contributed by atoms with Crippen molar-refractivity contribution in [2.75, 3.05) is 12.4 Å². The van der Waals surface area contributed by atoms with E-state index in [2.05, 4.69) is 15.3 Å². The summed E-state index contributed by atoms with van der Waals surface area (Å²) in [7, 11) is 1.63. The highest BCUT2D eigenvalue weighted by Crippen LogP contribution is 2.22. The molecule has 2 N–H and O–H groups in total. The molecule has 0 saturated carbocycles. The lowest BCUT2D eigenvalue weighted by Crippen LogP contribution is -2.11. The smallest absolute Gasteiger partial charge is 0.255 e. The molecular weight excluding hydrogens is 266 g/mol. The number of aryl methyl sites for hydroxylation is 1. The van der Waals surface area contributed by atoms with Gasteiger partial charge in [0.1, 0.15) is 5.75 Å². The summed E-state index contributed by atoms with van der Waals surface area (Å²) in [4.78, 5) is 19.4. The highest BCUT2D eigenvalue weighted by molar-refractivity contribution is 6.05. The van der Waals surface area contributed by atoms with Gasteiger partial charge in [0.05, 0.1) is 24.5 Å². The second-order valence-electron chi connectivity index (χ2n) is 4.77. The lowest BCUT2D eigenvalue weighted by Gasteiger charge is -2.09. The van der Waals surface area contributed by atoms with E-state index in [9.17, 15) is 4.79 Å². The minimum absolute atomic E-state index is 0.156. The van der Waals surface area contributed by atoms with E-state index < -0.39 is 0 Å². The van der Waals surface area contributed by atoms with Gasteiger partial charge in [-0.25, -0.2) is 4.98 Å². The van der Waals surface area contributed by atoms with E-state index in [1.807, 2.05) is 31.2 Å². The van der Waals surface area contributed by atoms with Crippen LogP contribution in [-0.4, -0.2) is 23.0 Å². The summed E-state index contributed by atoms with van der Waals surface area (Å²) >= 11 is 0. The van der Waals surface area contributed by atoms with Crippen LogP contribution < -0.4 is 10.1 Å². The molecule has 1 heterocycles. The Hall–Kier alpha value is -2.82. The minimum Gasteiger partial charge on any atom is -0.496 e. The molecule has 5 heteroatoms. The van der Waals surface area contributed by atoms with E-state index in [1.165, 1.54) is 0 Å². The molecule has 2 aromatic carbocycles. The monoisotopic (exact) mass is 281 g/mol. The number of ether oxygens (including phenoxy) is 1. The Morgan fingerprint density at radius 1 is 1.24 bits per heavy atom. The molecule has 1 amide bonds. The second-order valence-corrected chi connectivity index (χ2v) is 4.77. The van der Waals surface area contributed by atoms with Gasteiger partial charge in [-0.1, -0.05) is 0 Å². The van der Waals surface area contributed by atoms with Crippen LogP contribution in [0.15, 0.2) is 42.7 Å². The van der Waals surface area contributed by atoms with E-state index in [-0.39, 0.29) is 5.91 Å². The normalized spacial score (nSPS) is 10.6. The fourth-order valence-corrected chi connectivity index (χ4v) is 2.24. The average molecular weight is 281 g/mol. The van der Waals surface area contributed by atoms with E-state index in [0.717, 1.165) is 28.0 Å². The van der Waals surface area contributed by atoms with Crippen LogP contribution in [0.2, 0.25) is 0 Å². The van der Waals surface area contributed by atoms with Crippen LogP contribution in [0.5, 0.6) is 5.75 Å². The lowest BCUT2D eigenvalue weighted by molar-refractivity contribution is 0.102. The maximum atomic E-state index is 12.3. The number of hydrogen-bond acceptors (Lipinski definition) is 3. The molecule has 3 rings (SSSR count). The summed E-state index contributed by atoms with van der Waals surface area (Å²) in [5, 5.41) is 2.88. The number of nitrogens with zero attached hydrogens (tertiary/aromatic N) is 1. The molecule has 0 bridgehead atoms.